The van der Waals surface area contributed by atoms with E-state index in [2.05, 4.69) is 11.4 Å². The molecule has 0 aliphatic rings. The number of anilines is 1. The maximum Gasteiger partial charge on any atom is 0.271 e. The number of carbonyl (C=O) groups excluding carboxylic acids is 1. The lowest BCUT2D eigenvalue weighted by atomic mass is 9.99. The molecular weight excluding hydrogens is 390 g/mol. The molecule has 31 heavy (non-hydrogen) atoms. The van der Waals surface area contributed by atoms with E-state index in [-0.39, 0.29) is 11.6 Å². The van der Waals surface area contributed by atoms with Crippen molar-refractivity contribution in [3.05, 3.63) is 99.1 Å². The molecule has 6 heteroatoms. The fourth-order valence-corrected chi connectivity index (χ4v) is 3.65. The van der Waals surface area contributed by atoms with Crippen molar-refractivity contribution in [2.45, 2.75) is 20.8 Å². The first-order chi connectivity index (χ1) is 14.8. The molecule has 1 amide bonds. The Morgan fingerprint density at radius 2 is 1.71 bits per heavy atom. The number of fused-ring (bicyclic) bond motifs is 1. The molecule has 0 fully saturated rings. The summed E-state index contributed by atoms with van der Waals surface area (Å²) in [5.74, 6) is -0.340. The van der Waals surface area contributed by atoms with Crippen LogP contribution < -0.4 is 5.32 Å². The fraction of sp³-hybridized carbons (Fsp3) is 0.120. The standard InChI is InChI=1S/C25H21N3O3/c1-15-8-11-19(17(3)12-15)24-14-21(20-6-4-5-7-22(20)26-24)25(29)27-23-13-18(28(30)31)10-9-16(23)2/h4-14H,1-3H3,(H,27,29). The van der Waals surface area contributed by atoms with E-state index in [4.69, 9.17) is 4.98 Å². The number of amides is 1. The van der Waals surface area contributed by atoms with Crippen LogP contribution in [0.4, 0.5) is 11.4 Å². The molecule has 0 bridgehead atoms. The Bertz CT molecular complexity index is 1350. The van der Waals surface area contributed by atoms with Crippen LogP contribution in [0.5, 0.6) is 0 Å². The summed E-state index contributed by atoms with van der Waals surface area (Å²) in [6.45, 7) is 5.85. The van der Waals surface area contributed by atoms with Gasteiger partial charge in [-0.3, -0.25) is 14.9 Å². The van der Waals surface area contributed by atoms with Gasteiger partial charge in [-0.05, 0) is 44.0 Å². The first-order valence-electron chi connectivity index (χ1n) is 9.87. The van der Waals surface area contributed by atoms with Gasteiger partial charge in [0.2, 0.25) is 0 Å². The first-order valence-corrected chi connectivity index (χ1v) is 9.87. The summed E-state index contributed by atoms with van der Waals surface area (Å²) in [5.41, 5.74) is 6.14. The number of benzene rings is 3. The Balaban J connectivity index is 1.82. The number of para-hydroxylation sites is 1. The van der Waals surface area contributed by atoms with Gasteiger partial charge in [-0.1, -0.05) is 48.0 Å². The number of nitro benzene ring substituents is 1. The second kappa shape index (κ2) is 7.99. The molecular formula is C25H21N3O3. The van der Waals surface area contributed by atoms with E-state index in [1.165, 1.54) is 12.1 Å². The van der Waals surface area contributed by atoms with Crippen molar-refractivity contribution in [1.82, 2.24) is 4.98 Å². The van der Waals surface area contributed by atoms with Crippen LogP contribution in [-0.2, 0) is 0 Å². The van der Waals surface area contributed by atoms with Crippen molar-refractivity contribution in [2.24, 2.45) is 0 Å². The van der Waals surface area contributed by atoms with E-state index in [0.29, 0.717) is 22.5 Å². The van der Waals surface area contributed by atoms with E-state index >= 15 is 0 Å². The second-order valence-electron chi connectivity index (χ2n) is 7.60. The maximum atomic E-state index is 13.3. The minimum Gasteiger partial charge on any atom is -0.321 e. The highest BCUT2D eigenvalue weighted by Gasteiger charge is 2.17. The Labute approximate surface area is 179 Å². The third kappa shape index (κ3) is 4.00. The summed E-state index contributed by atoms with van der Waals surface area (Å²) in [4.78, 5) is 28.7. The zero-order valence-electron chi connectivity index (χ0n) is 17.5. The summed E-state index contributed by atoms with van der Waals surface area (Å²) in [6, 6.07) is 19.8. The van der Waals surface area contributed by atoms with Crippen LogP contribution in [0.3, 0.4) is 0 Å². The minimum absolute atomic E-state index is 0.0727. The van der Waals surface area contributed by atoms with Crippen LogP contribution in [0.1, 0.15) is 27.0 Å². The molecule has 154 valence electrons. The molecule has 0 aliphatic heterocycles. The van der Waals surface area contributed by atoms with Gasteiger partial charge in [-0.25, -0.2) is 4.98 Å². The average Bonchev–Trinajstić information content (AvgIpc) is 2.74. The highest BCUT2D eigenvalue weighted by Crippen LogP contribution is 2.29. The highest BCUT2D eigenvalue weighted by atomic mass is 16.6. The molecule has 3 aromatic carbocycles. The van der Waals surface area contributed by atoms with Crippen LogP contribution in [0.25, 0.3) is 22.2 Å². The summed E-state index contributed by atoms with van der Waals surface area (Å²) < 4.78 is 0. The molecule has 0 atom stereocenters. The van der Waals surface area contributed by atoms with Gasteiger partial charge in [-0.2, -0.15) is 0 Å². The molecule has 0 saturated carbocycles. The van der Waals surface area contributed by atoms with Gasteiger partial charge in [0.05, 0.1) is 27.4 Å². The van der Waals surface area contributed by atoms with Crippen LogP contribution in [0.2, 0.25) is 0 Å². The third-order valence-corrected chi connectivity index (χ3v) is 5.30. The van der Waals surface area contributed by atoms with Gasteiger partial charge in [0, 0.05) is 23.1 Å². The number of nitrogens with one attached hydrogen (secondary N) is 1. The quantitative estimate of drug-likeness (QED) is 0.330. The summed E-state index contributed by atoms with van der Waals surface area (Å²) >= 11 is 0. The van der Waals surface area contributed by atoms with Crippen molar-refractivity contribution in [3.63, 3.8) is 0 Å². The number of nitro groups is 1. The molecule has 0 saturated heterocycles. The van der Waals surface area contributed by atoms with Crippen molar-refractivity contribution < 1.29 is 9.72 Å². The van der Waals surface area contributed by atoms with Gasteiger partial charge >= 0.3 is 0 Å². The third-order valence-electron chi connectivity index (χ3n) is 5.30. The Kier molecular flexibility index (Phi) is 5.21. The smallest absolute Gasteiger partial charge is 0.271 e. The van der Waals surface area contributed by atoms with Crippen molar-refractivity contribution in [2.75, 3.05) is 5.32 Å². The highest BCUT2D eigenvalue weighted by molar-refractivity contribution is 6.13. The topological polar surface area (TPSA) is 85.1 Å². The number of aryl methyl sites for hydroxylation is 3. The molecule has 0 aliphatic carbocycles. The normalized spacial score (nSPS) is 10.8. The lowest BCUT2D eigenvalue weighted by Crippen LogP contribution is -2.14. The molecule has 1 heterocycles. The van der Waals surface area contributed by atoms with E-state index < -0.39 is 4.92 Å². The van der Waals surface area contributed by atoms with E-state index in [9.17, 15) is 14.9 Å². The summed E-state index contributed by atoms with van der Waals surface area (Å²) in [5, 5.41) is 14.7. The molecule has 4 rings (SSSR count). The van der Waals surface area contributed by atoms with Gasteiger partial charge < -0.3 is 5.32 Å². The number of pyridine rings is 1. The van der Waals surface area contributed by atoms with Crippen LogP contribution in [0.15, 0.2) is 66.7 Å². The van der Waals surface area contributed by atoms with Crippen LogP contribution in [-0.4, -0.2) is 15.8 Å². The zero-order chi connectivity index (χ0) is 22.1. The van der Waals surface area contributed by atoms with Crippen LogP contribution >= 0.6 is 0 Å². The van der Waals surface area contributed by atoms with Crippen molar-refractivity contribution >= 4 is 28.2 Å². The lowest BCUT2D eigenvalue weighted by molar-refractivity contribution is -0.384. The maximum absolute atomic E-state index is 13.3. The molecule has 1 N–H and O–H groups in total. The van der Waals surface area contributed by atoms with Crippen molar-refractivity contribution in [3.8, 4) is 11.3 Å². The van der Waals surface area contributed by atoms with Gasteiger partial charge in [0.15, 0.2) is 0 Å². The van der Waals surface area contributed by atoms with E-state index in [0.717, 1.165) is 27.6 Å². The molecule has 4 aromatic rings. The van der Waals surface area contributed by atoms with Gasteiger partial charge in [0.1, 0.15) is 0 Å². The molecule has 0 spiro atoms. The predicted octanol–water partition coefficient (Wildman–Crippen LogP) is 5.99. The Morgan fingerprint density at radius 3 is 2.45 bits per heavy atom. The minimum atomic E-state index is -0.477. The number of rotatable bonds is 4. The number of non-ortho nitro benzene ring substituents is 1. The summed E-state index contributed by atoms with van der Waals surface area (Å²) in [6.07, 6.45) is 0. The Hall–Kier alpha value is -4.06. The molecule has 1 aromatic heterocycles. The van der Waals surface area contributed by atoms with Gasteiger partial charge in [0.25, 0.3) is 11.6 Å². The zero-order valence-corrected chi connectivity index (χ0v) is 17.5. The van der Waals surface area contributed by atoms with Gasteiger partial charge in [-0.15, -0.1) is 0 Å². The SMILES string of the molecule is Cc1ccc(-c2cc(C(=O)Nc3cc([N+](=O)[O-])ccc3C)c3ccccc3n2)c(C)c1. The molecule has 0 unspecified atom stereocenters. The van der Waals surface area contributed by atoms with E-state index in [1.54, 1.807) is 19.1 Å². The fourth-order valence-electron chi connectivity index (χ4n) is 3.65. The van der Waals surface area contributed by atoms with E-state index in [1.807, 2.05) is 50.2 Å². The molecule has 6 nitrogen and oxygen atoms in total. The largest absolute Gasteiger partial charge is 0.321 e. The predicted molar refractivity (Wildman–Crippen MR) is 122 cm³/mol. The number of hydrogen-bond acceptors (Lipinski definition) is 4. The number of nitrogens with zero attached hydrogens (tertiary/aromatic N) is 2. The summed E-state index contributed by atoms with van der Waals surface area (Å²) in [7, 11) is 0. The second-order valence-corrected chi connectivity index (χ2v) is 7.60. The lowest BCUT2D eigenvalue weighted by Gasteiger charge is -2.13. The number of carbonyl (C=O) groups is 1. The first kappa shape index (κ1) is 20.2. The average molecular weight is 411 g/mol. The number of aromatic nitrogens is 1. The molecule has 0 radical (unpaired) electrons. The monoisotopic (exact) mass is 411 g/mol. The number of hydrogen-bond donors (Lipinski definition) is 1. The van der Waals surface area contributed by atoms with Crippen molar-refractivity contribution in [1.29, 1.82) is 0 Å². The Morgan fingerprint density at radius 1 is 0.935 bits per heavy atom. The van der Waals surface area contributed by atoms with Crippen LogP contribution in [0, 0.1) is 30.9 Å².